The van der Waals surface area contributed by atoms with Gasteiger partial charge in [0.05, 0.1) is 11.5 Å². The zero-order chi connectivity index (χ0) is 16.4. The number of fused-ring (bicyclic) bond motifs is 1. The molecule has 0 aliphatic carbocycles. The molecule has 1 atom stereocenters. The molecule has 1 fully saturated rings. The standard InChI is InChI=1S/C17H24N2O3S/c1-14-6-7-15-4-2-3-5-16(15)19(14)9-8-17(20)18-10-12-23(21,22)13-11-18/h2-5,14H,6-13H2,1H3. The molecule has 1 aromatic rings. The molecule has 126 valence electrons. The third kappa shape index (κ3) is 3.68. The molecule has 0 N–H and O–H groups in total. The zero-order valence-corrected chi connectivity index (χ0v) is 14.4. The average Bonchev–Trinajstić information content (AvgIpc) is 2.53. The quantitative estimate of drug-likeness (QED) is 0.839. The second-order valence-electron chi connectivity index (χ2n) is 6.49. The van der Waals surface area contributed by atoms with E-state index < -0.39 is 9.84 Å². The smallest absolute Gasteiger partial charge is 0.224 e. The molecular formula is C17H24N2O3S. The van der Waals surface area contributed by atoms with E-state index >= 15 is 0 Å². The maximum Gasteiger partial charge on any atom is 0.224 e. The number of nitrogens with zero attached hydrogens (tertiary/aromatic N) is 2. The number of carbonyl (C=O) groups excluding carboxylic acids is 1. The number of aryl methyl sites for hydroxylation is 1. The third-order valence-electron chi connectivity index (χ3n) is 4.93. The minimum atomic E-state index is -2.94. The van der Waals surface area contributed by atoms with E-state index in [1.807, 2.05) is 6.07 Å². The van der Waals surface area contributed by atoms with Crippen molar-refractivity contribution in [2.75, 3.05) is 36.0 Å². The van der Waals surface area contributed by atoms with E-state index in [0.29, 0.717) is 32.1 Å². The van der Waals surface area contributed by atoms with Crippen LogP contribution in [0.4, 0.5) is 5.69 Å². The summed E-state index contributed by atoms with van der Waals surface area (Å²) in [5.74, 6) is 0.263. The highest BCUT2D eigenvalue weighted by atomic mass is 32.2. The van der Waals surface area contributed by atoms with E-state index in [1.165, 1.54) is 11.3 Å². The number of hydrogen-bond donors (Lipinski definition) is 0. The minimum absolute atomic E-state index is 0.0650. The Hall–Kier alpha value is -1.56. The Morgan fingerprint density at radius 3 is 2.65 bits per heavy atom. The predicted molar refractivity (Wildman–Crippen MR) is 91.4 cm³/mol. The largest absolute Gasteiger partial charge is 0.368 e. The molecule has 0 spiro atoms. The molecule has 23 heavy (non-hydrogen) atoms. The maximum atomic E-state index is 12.4. The fourth-order valence-electron chi connectivity index (χ4n) is 3.44. The Morgan fingerprint density at radius 2 is 1.91 bits per heavy atom. The summed E-state index contributed by atoms with van der Waals surface area (Å²) >= 11 is 0. The van der Waals surface area contributed by atoms with Gasteiger partial charge in [-0.15, -0.1) is 0 Å². The second kappa shape index (κ2) is 6.51. The lowest BCUT2D eigenvalue weighted by atomic mass is 9.96. The number of amides is 1. The van der Waals surface area contributed by atoms with Crippen LogP contribution in [0.3, 0.4) is 0 Å². The van der Waals surface area contributed by atoms with Gasteiger partial charge in [-0.25, -0.2) is 8.42 Å². The highest BCUT2D eigenvalue weighted by Crippen LogP contribution is 2.30. The fourth-order valence-corrected chi connectivity index (χ4v) is 4.64. The van der Waals surface area contributed by atoms with Crippen molar-refractivity contribution in [3.63, 3.8) is 0 Å². The van der Waals surface area contributed by atoms with E-state index in [4.69, 9.17) is 0 Å². The normalized spacial score (nSPS) is 23.4. The summed E-state index contributed by atoms with van der Waals surface area (Å²) in [7, 11) is -2.94. The van der Waals surface area contributed by atoms with Gasteiger partial charge in [-0.2, -0.15) is 0 Å². The molecule has 2 aliphatic heterocycles. The van der Waals surface area contributed by atoms with Gasteiger partial charge in [-0.3, -0.25) is 4.79 Å². The molecule has 6 heteroatoms. The fraction of sp³-hybridized carbons (Fsp3) is 0.588. The van der Waals surface area contributed by atoms with E-state index in [9.17, 15) is 13.2 Å². The van der Waals surface area contributed by atoms with Gasteiger partial charge < -0.3 is 9.80 Å². The van der Waals surface area contributed by atoms with Crippen molar-refractivity contribution < 1.29 is 13.2 Å². The summed E-state index contributed by atoms with van der Waals surface area (Å²) < 4.78 is 22.9. The molecule has 1 amide bonds. The summed E-state index contributed by atoms with van der Waals surface area (Å²) in [5, 5.41) is 0. The van der Waals surface area contributed by atoms with Crippen molar-refractivity contribution >= 4 is 21.4 Å². The van der Waals surface area contributed by atoms with Crippen LogP contribution >= 0.6 is 0 Å². The van der Waals surface area contributed by atoms with Crippen LogP contribution in [-0.2, 0) is 21.1 Å². The molecule has 2 heterocycles. The maximum absolute atomic E-state index is 12.4. The van der Waals surface area contributed by atoms with Crippen molar-refractivity contribution in [3.05, 3.63) is 29.8 Å². The number of hydrogen-bond acceptors (Lipinski definition) is 4. The van der Waals surface area contributed by atoms with E-state index in [1.54, 1.807) is 4.90 Å². The SMILES string of the molecule is CC1CCc2ccccc2N1CCC(=O)N1CCS(=O)(=O)CC1. The van der Waals surface area contributed by atoms with Gasteiger partial charge >= 0.3 is 0 Å². The van der Waals surface area contributed by atoms with Crippen LogP contribution in [-0.4, -0.2) is 56.4 Å². The summed E-state index contributed by atoms with van der Waals surface area (Å²) in [5.41, 5.74) is 2.59. The Balaban J connectivity index is 1.61. The van der Waals surface area contributed by atoms with Crippen LogP contribution in [0.2, 0.25) is 0 Å². The number of benzene rings is 1. The zero-order valence-electron chi connectivity index (χ0n) is 13.6. The minimum Gasteiger partial charge on any atom is -0.368 e. The first-order valence-corrected chi connectivity index (χ1v) is 10.1. The summed E-state index contributed by atoms with van der Waals surface area (Å²) in [4.78, 5) is 16.4. The van der Waals surface area contributed by atoms with Crippen molar-refractivity contribution in [3.8, 4) is 0 Å². The topological polar surface area (TPSA) is 57.7 Å². The van der Waals surface area contributed by atoms with Gasteiger partial charge in [-0.1, -0.05) is 18.2 Å². The molecule has 0 bridgehead atoms. The second-order valence-corrected chi connectivity index (χ2v) is 8.80. The number of para-hydroxylation sites is 1. The van der Waals surface area contributed by atoms with Crippen LogP contribution in [0.15, 0.2) is 24.3 Å². The summed E-state index contributed by atoms with van der Waals surface area (Å²) in [6.07, 6.45) is 2.64. The molecule has 0 saturated carbocycles. The van der Waals surface area contributed by atoms with Crippen molar-refractivity contribution in [2.24, 2.45) is 0 Å². The van der Waals surface area contributed by atoms with Gasteiger partial charge in [0.2, 0.25) is 5.91 Å². The summed E-state index contributed by atoms with van der Waals surface area (Å²) in [6.45, 7) is 3.58. The molecule has 1 aromatic carbocycles. The average molecular weight is 336 g/mol. The lowest BCUT2D eigenvalue weighted by Gasteiger charge is -2.37. The molecular weight excluding hydrogens is 312 g/mol. The third-order valence-corrected chi connectivity index (χ3v) is 6.54. The van der Waals surface area contributed by atoms with Crippen LogP contribution in [0, 0.1) is 0 Å². The lowest BCUT2D eigenvalue weighted by molar-refractivity contribution is -0.130. The van der Waals surface area contributed by atoms with Gasteiger partial charge in [0.25, 0.3) is 0 Å². The van der Waals surface area contributed by atoms with Gasteiger partial charge in [0.1, 0.15) is 0 Å². The molecule has 0 aromatic heterocycles. The molecule has 1 unspecified atom stereocenters. The van der Waals surface area contributed by atoms with Gasteiger partial charge in [-0.05, 0) is 31.4 Å². The molecule has 2 aliphatic rings. The predicted octanol–water partition coefficient (Wildman–Crippen LogP) is 1.47. The number of anilines is 1. The van der Waals surface area contributed by atoms with Crippen molar-refractivity contribution in [2.45, 2.75) is 32.2 Å². The van der Waals surface area contributed by atoms with Gasteiger partial charge in [0, 0.05) is 37.8 Å². The van der Waals surface area contributed by atoms with Crippen LogP contribution in [0.1, 0.15) is 25.3 Å². The van der Waals surface area contributed by atoms with Crippen LogP contribution in [0.25, 0.3) is 0 Å². The first-order chi connectivity index (χ1) is 11.0. The van der Waals surface area contributed by atoms with E-state index in [2.05, 4.69) is 30.0 Å². The first-order valence-electron chi connectivity index (χ1n) is 8.29. The van der Waals surface area contributed by atoms with Crippen LogP contribution in [0.5, 0.6) is 0 Å². The number of rotatable bonds is 3. The monoisotopic (exact) mass is 336 g/mol. The van der Waals surface area contributed by atoms with E-state index in [-0.39, 0.29) is 17.4 Å². The van der Waals surface area contributed by atoms with E-state index in [0.717, 1.165) is 12.8 Å². The molecule has 3 rings (SSSR count). The van der Waals surface area contributed by atoms with Crippen molar-refractivity contribution in [1.82, 2.24) is 4.90 Å². The molecule has 1 saturated heterocycles. The van der Waals surface area contributed by atoms with Gasteiger partial charge in [0.15, 0.2) is 9.84 Å². The highest BCUT2D eigenvalue weighted by Gasteiger charge is 2.27. The number of sulfone groups is 1. The Kier molecular flexibility index (Phi) is 4.62. The lowest BCUT2D eigenvalue weighted by Crippen LogP contribution is -2.45. The van der Waals surface area contributed by atoms with Crippen LogP contribution < -0.4 is 4.90 Å². The Labute approximate surface area is 138 Å². The number of carbonyl (C=O) groups is 1. The molecule has 0 radical (unpaired) electrons. The Bertz CT molecular complexity index is 673. The summed E-state index contributed by atoms with van der Waals surface area (Å²) in [6, 6.07) is 8.82. The van der Waals surface area contributed by atoms with Crippen molar-refractivity contribution in [1.29, 1.82) is 0 Å². The molecule has 5 nitrogen and oxygen atoms in total. The first kappa shape index (κ1) is 16.3. The Morgan fingerprint density at radius 1 is 1.22 bits per heavy atom. The highest BCUT2D eigenvalue weighted by molar-refractivity contribution is 7.91.